The van der Waals surface area contributed by atoms with Crippen LogP contribution < -0.4 is 14.8 Å². The fraction of sp³-hybridized carbons (Fsp3) is 0.600. The maximum Gasteiger partial charge on any atom is 0.249 e. The molecule has 198 valence electrons. The summed E-state index contributed by atoms with van der Waals surface area (Å²) in [5, 5.41) is 33.2. The van der Waals surface area contributed by atoms with Crippen LogP contribution in [0.2, 0.25) is 0 Å². The highest BCUT2D eigenvalue weighted by Crippen LogP contribution is 2.51. The van der Waals surface area contributed by atoms with Crippen molar-refractivity contribution in [3.05, 3.63) is 34.9 Å². The van der Waals surface area contributed by atoms with Crippen molar-refractivity contribution in [1.29, 1.82) is 0 Å². The molecule has 0 spiro atoms. The van der Waals surface area contributed by atoms with E-state index in [-0.39, 0.29) is 44.9 Å². The van der Waals surface area contributed by atoms with Gasteiger partial charge in [0.1, 0.15) is 18.8 Å². The molecule has 11 nitrogen and oxygen atoms in total. The van der Waals surface area contributed by atoms with E-state index >= 15 is 0 Å². The van der Waals surface area contributed by atoms with Gasteiger partial charge in [-0.3, -0.25) is 9.59 Å². The number of amides is 2. The number of benzene rings is 1. The molecule has 1 saturated heterocycles. The van der Waals surface area contributed by atoms with Gasteiger partial charge in [0.2, 0.25) is 11.8 Å². The molecule has 1 aromatic rings. The molecule has 2 amide bonds. The number of hydrogen-bond acceptors (Lipinski definition) is 9. The molecule has 0 unspecified atom stereocenters. The van der Waals surface area contributed by atoms with Crippen LogP contribution in [0.25, 0.3) is 0 Å². The van der Waals surface area contributed by atoms with E-state index in [0.29, 0.717) is 34.8 Å². The van der Waals surface area contributed by atoms with Crippen molar-refractivity contribution in [1.82, 2.24) is 10.2 Å². The summed E-state index contributed by atoms with van der Waals surface area (Å²) in [6.07, 6.45) is 0.992. The van der Waals surface area contributed by atoms with E-state index in [9.17, 15) is 24.9 Å². The Morgan fingerprint density at radius 2 is 2.06 bits per heavy atom. The maximum absolute atomic E-state index is 13.3. The lowest BCUT2D eigenvalue weighted by Gasteiger charge is -2.41. The number of methoxy groups -OCH3 is 2. The number of rotatable bonds is 10. The number of carbonyl (C=O) groups is 2. The Labute approximate surface area is 209 Å². The van der Waals surface area contributed by atoms with Crippen LogP contribution in [0.5, 0.6) is 11.5 Å². The lowest BCUT2D eigenvalue weighted by atomic mass is 9.77. The predicted molar refractivity (Wildman–Crippen MR) is 127 cm³/mol. The third-order valence-electron chi connectivity index (χ3n) is 6.87. The van der Waals surface area contributed by atoms with Gasteiger partial charge in [-0.05, 0) is 36.6 Å². The molecule has 4 N–H and O–H groups in total. The molecule has 11 heteroatoms. The van der Waals surface area contributed by atoms with Gasteiger partial charge in [0.25, 0.3) is 0 Å². The van der Waals surface area contributed by atoms with Gasteiger partial charge in [-0.1, -0.05) is 0 Å². The Morgan fingerprint density at radius 3 is 2.69 bits per heavy atom. The van der Waals surface area contributed by atoms with Gasteiger partial charge in [0, 0.05) is 37.9 Å². The van der Waals surface area contributed by atoms with Gasteiger partial charge in [-0.15, -0.1) is 0 Å². The summed E-state index contributed by atoms with van der Waals surface area (Å²) in [7, 11) is 2.89. The smallest absolute Gasteiger partial charge is 0.249 e. The quantitative estimate of drug-likeness (QED) is 0.329. The number of aliphatic hydroxyl groups is 3. The van der Waals surface area contributed by atoms with E-state index in [2.05, 4.69) is 5.32 Å². The Balaban J connectivity index is 1.78. The lowest BCUT2D eigenvalue weighted by Crippen LogP contribution is -2.57. The number of carbonyl (C=O) groups excluding carboxylic acids is 2. The molecule has 1 fully saturated rings. The normalized spacial score (nSPS) is 26.5. The van der Waals surface area contributed by atoms with Crippen LogP contribution in [-0.2, 0) is 25.7 Å². The molecule has 5 atom stereocenters. The van der Waals surface area contributed by atoms with Crippen molar-refractivity contribution in [2.75, 3.05) is 47.1 Å². The standard InChI is InChI=1S/C25H34N2O9/c1-33-13-20(30)27(11-15-4-3-7-35-15)18-10-17(25(32)26-5-6-28)21-16-8-14(12-29)9-19(34-2)23(16)36-24(21)22(18)31/h8-10,15,18,21-22,24,28-29,31H,3-7,11-13H2,1-2H3,(H,26,32)/t15-,18+,21-,22-,24-/m0/s1. The van der Waals surface area contributed by atoms with Gasteiger partial charge < -0.3 is 44.5 Å². The maximum atomic E-state index is 13.3. The summed E-state index contributed by atoms with van der Waals surface area (Å²) in [5.74, 6) is -0.724. The zero-order valence-corrected chi connectivity index (χ0v) is 20.5. The first kappa shape index (κ1) is 26.4. The zero-order chi connectivity index (χ0) is 25.8. The van der Waals surface area contributed by atoms with Crippen molar-refractivity contribution in [2.45, 2.75) is 49.7 Å². The summed E-state index contributed by atoms with van der Waals surface area (Å²) in [6.45, 7) is 0.184. The van der Waals surface area contributed by atoms with E-state index in [4.69, 9.17) is 18.9 Å². The van der Waals surface area contributed by atoms with Crippen LogP contribution in [-0.4, -0.2) is 104 Å². The van der Waals surface area contributed by atoms with Gasteiger partial charge in [0.05, 0.1) is 38.4 Å². The molecular formula is C25H34N2O9. The van der Waals surface area contributed by atoms with Crippen molar-refractivity contribution in [3.8, 4) is 11.5 Å². The van der Waals surface area contributed by atoms with E-state index in [1.165, 1.54) is 19.1 Å². The first-order chi connectivity index (χ1) is 17.4. The highest BCUT2D eigenvalue weighted by Gasteiger charge is 2.51. The number of nitrogens with zero attached hydrogens (tertiary/aromatic N) is 1. The second-order valence-electron chi connectivity index (χ2n) is 9.13. The second-order valence-corrected chi connectivity index (χ2v) is 9.13. The molecule has 2 aliphatic heterocycles. The number of aliphatic hydroxyl groups excluding tert-OH is 3. The summed E-state index contributed by atoms with van der Waals surface area (Å²) in [4.78, 5) is 27.9. The van der Waals surface area contributed by atoms with Gasteiger partial charge in [-0.25, -0.2) is 0 Å². The van der Waals surface area contributed by atoms with Crippen LogP contribution in [0.4, 0.5) is 0 Å². The molecule has 0 bridgehead atoms. The highest BCUT2D eigenvalue weighted by molar-refractivity contribution is 5.96. The Kier molecular flexibility index (Phi) is 8.47. The Hall–Kier alpha value is -2.70. The minimum atomic E-state index is -1.18. The molecule has 4 rings (SSSR count). The minimum Gasteiger partial charge on any atom is -0.493 e. The fourth-order valence-corrected chi connectivity index (χ4v) is 5.22. The van der Waals surface area contributed by atoms with E-state index in [0.717, 1.165) is 12.8 Å². The van der Waals surface area contributed by atoms with Crippen molar-refractivity contribution >= 4 is 11.8 Å². The highest BCUT2D eigenvalue weighted by atomic mass is 16.5. The van der Waals surface area contributed by atoms with Gasteiger partial charge in [-0.2, -0.15) is 0 Å². The third-order valence-corrected chi connectivity index (χ3v) is 6.87. The SMILES string of the molecule is COCC(=O)N(C[C@@H]1CCCO1)[C@@H]1C=C(C(=O)NCCO)[C@@H]2c3cc(CO)cc(OC)c3O[C@@H]2[C@H]1O. The molecule has 0 radical (unpaired) electrons. The van der Waals surface area contributed by atoms with Crippen LogP contribution in [0.1, 0.15) is 29.9 Å². The number of ether oxygens (including phenoxy) is 4. The van der Waals surface area contributed by atoms with Crippen molar-refractivity contribution < 1.29 is 43.9 Å². The molecule has 0 aromatic heterocycles. The van der Waals surface area contributed by atoms with Crippen LogP contribution >= 0.6 is 0 Å². The van der Waals surface area contributed by atoms with Crippen LogP contribution in [0.15, 0.2) is 23.8 Å². The average molecular weight is 507 g/mol. The zero-order valence-electron chi connectivity index (χ0n) is 20.5. The molecule has 0 saturated carbocycles. The van der Waals surface area contributed by atoms with Crippen LogP contribution in [0.3, 0.4) is 0 Å². The average Bonchev–Trinajstić information content (AvgIpc) is 3.54. The van der Waals surface area contributed by atoms with Crippen LogP contribution in [0, 0.1) is 0 Å². The molecule has 1 aliphatic carbocycles. The predicted octanol–water partition coefficient (Wildman–Crippen LogP) is -0.536. The summed E-state index contributed by atoms with van der Waals surface area (Å²) in [6, 6.07) is 2.48. The second kappa shape index (κ2) is 11.6. The van der Waals surface area contributed by atoms with E-state index < -0.39 is 30.1 Å². The largest absolute Gasteiger partial charge is 0.493 e. The monoisotopic (exact) mass is 506 g/mol. The van der Waals surface area contributed by atoms with Gasteiger partial charge in [0.15, 0.2) is 11.5 Å². The molecule has 2 heterocycles. The molecule has 3 aliphatic rings. The number of fused-ring (bicyclic) bond motifs is 3. The van der Waals surface area contributed by atoms with E-state index in [1.807, 2.05) is 0 Å². The number of nitrogens with one attached hydrogen (secondary N) is 1. The van der Waals surface area contributed by atoms with Crippen molar-refractivity contribution in [2.24, 2.45) is 0 Å². The summed E-state index contributed by atoms with van der Waals surface area (Å²) in [5.41, 5.74) is 1.46. The van der Waals surface area contributed by atoms with Crippen molar-refractivity contribution in [3.63, 3.8) is 0 Å². The molecule has 1 aromatic carbocycles. The van der Waals surface area contributed by atoms with E-state index in [1.54, 1.807) is 18.2 Å². The summed E-state index contributed by atoms with van der Waals surface area (Å²) < 4.78 is 22.5. The summed E-state index contributed by atoms with van der Waals surface area (Å²) >= 11 is 0. The third kappa shape index (κ3) is 5.07. The minimum absolute atomic E-state index is 0.0384. The lowest BCUT2D eigenvalue weighted by molar-refractivity contribution is -0.143. The Morgan fingerprint density at radius 1 is 1.25 bits per heavy atom. The number of hydrogen-bond donors (Lipinski definition) is 4. The Bertz CT molecular complexity index is 992. The molecule has 36 heavy (non-hydrogen) atoms. The molecular weight excluding hydrogens is 472 g/mol. The fourth-order valence-electron chi connectivity index (χ4n) is 5.22. The first-order valence-corrected chi connectivity index (χ1v) is 12.1. The topological polar surface area (TPSA) is 147 Å². The first-order valence-electron chi connectivity index (χ1n) is 12.1. The van der Waals surface area contributed by atoms with Gasteiger partial charge >= 0.3 is 0 Å².